The molecule has 4 aromatic heterocycles. The Balaban J connectivity index is 1.81. The van der Waals surface area contributed by atoms with Crippen LogP contribution in [-0.4, -0.2) is 19.9 Å². The maximum absolute atomic E-state index is 4.70. The number of aryl methyl sites for hydroxylation is 2. The number of fused-ring (bicyclic) bond motifs is 1. The summed E-state index contributed by atoms with van der Waals surface area (Å²) in [6, 6.07) is 7.98. The van der Waals surface area contributed by atoms with Crippen molar-refractivity contribution >= 4 is 32.3 Å². The summed E-state index contributed by atoms with van der Waals surface area (Å²) in [6.07, 6.45) is 3.60. The number of nitrogens with zero attached hydrogens (tertiary/aromatic N) is 4. The molecule has 0 radical (unpaired) electrons. The van der Waals surface area contributed by atoms with Crippen molar-refractivity contribution in [3.05, 3.63) is 47.8 Å². The van der Waals surface area contributed by atoms with E-state index in [1.807, 2.05) is 38.1 Å². The third-order valence-corrected chi connectivity index (χ3v) is 5.44. The monoisotopic (exact) mass is 324 g/mol. The van der Waals surface area contributed by atoms with E-state index in [0.29, 0.717) is 0 Å². The molecule has 22 heavy (non-hydrogen) atoms. The molecular formula is C16H12N4S2. The number of hydrogen-bond donors (Lipinski definition) is 0. The van der Waals surface area contributed by atoms with Crippen molar-refractivity contribution in [3.63, 3.8) is 0 Å². The molecule has 0 aliphatic heterocycles. The average molecular weight is 324 g/mol. The fourth-order valence-electron chi connectivity index (χ4n) is 2.26. The largest absolute Gasteiger partial charge is 0.253 e. The predicted molar refractivity (Wildman–Crippen MR) is 91.2 cm³/mol. The van der Waals surface area contributed by atoms with E-state index >= 15 is 0 Å². The molecule has 0 atom stereocenters. The van der Waals surface area contributed by atoms with Crippen LogP contribution in [0.3, 0.4) is 0 Å². The Hall–Kier alpha value is -2.18. The van der Waals surface area contributed by atoms with Gasteiger partial charge in [0, 0.05) is 12.4 Å². The van der Waals surface area contributed by atoms with E-state index in [1.54, 1.807) is 35.1 Å². The van der Waals surface area contributed by atoms with Crippen molar-refractivity contribution in [2.45, 2.75) is 13.8 Å². The zero-order valence-corrected chi connectivity index (χ0v) is 13.7. The molecule has 4 heterocycles. The highest BCUT2D eigenvalue weighted by atomic mass is 32.1. The molecule has 0 aliphatic rings. The highest BCUT2D eigenvalue weighted by Crippen LogP contribution is 2.36. The number of pyridine rings is 2. The van der Waals surface area contributed by atoms with Crippen LogP contribution < -0.4 is 0 Å². The van der Waals surface area contributed by atoms with Crippen molar-refractivity contribution in [2.75, 3.05) is 0 Å². The lowest BCUT2D eigenvalue weighted by atomic mass is 10.2. The lowest BCUT2D eigenvalue weighted by molar-refractivity contribution is 1.26. The Morgan fingerprint density at radius 2 is 1.18 bits per heavy atom. The summed E-state index contributed by atoms with van der Waals surface area (Å²) >= 11 is 3.17. The van der Waals surface area contributed by atoms with E-state index in [9.17, 15) is 0 Å². The van der Waals surface area contributed by atoms with Gasteiger partial charge in [-0.3, -0.25) is 9.97 Å². The minimum Gasteiger partial charge on any atom is -0.253 e. The normalized spacial score (nSPS) is 11.2. The van der Waals surface area contributed by atoms with Crippen LogP contribution in [0, 0.1) is 13.8 Å². The number of aromatic nitrogens is 4. The minimum absolute atomic E-state index is 0.927. The molecule has 4 rings (SSSR count). The molecule has 0 spiro atoms. The van der Waals surface area contributed by atoms with E-state index in [4.69, 9.17) is 9.97 Å². The van der Waals surface area contributed by atoms with Crippen LogP contribution in [0.25, 0.3) is 31.1 Å². The first-order chi connectivity index (χ1) is 10.7. The maximum Gasteiger partial charge on any atom is 0.156 e. The molecule has 4 nitrogen and oxygen atoms in total. The molecule has 108 valence electrons. The van der Waals surface area contributed by atoms with Gasteiger partial charge in [0.1, 0.15) is 21.4 Å². The van der Waals surface area contributed by atoms with Crippen LogP contribution in [0.5, 0.6) is 0 Å². The number of rotatable bonds is 2. The molecule has 0 aromatic carbocycles. The van der Waals surface area contributed by atoms with Crippen LogP contribution in [0.15, 0.2) is 36.7 Å². The Morgan fingerprint density at radius 1 is 0.727 bits per heavy atom. The fourth-order valence-corrected chi connectivity index (χ4v) is 4.43. The van der Waals surface area contributed by atoms with Gasteiger partial charge in [0.25, 0.3) is 0 Å². The Morgan fingerprint density at radius 3 is 1.59 bits per heavy atom. The molecule has 0 unspecified atom stereocenters. The van der Waals surface area contributed by atoms with Gasteiger partial charge in [0.2, 0.25) is 0 Å². The lowest BCUT2D eigenvalue weighted by Gasteiger charge is -1.99. The minimum atomic E-state index is 0.927. The topological polar surface area (TPSA) is 51.6 Å². The molecule has 0 bridgehead atoms. The van der Waals surface area contributed by atoms with Crippen LogP contribution in [0.4, 0.5) is 0 Å². The zero-order valence-electron chi connectivity index (χ0n) is 12.1. The zero-order chi connectivity index (χ0) is 15.1. The standard InChI is InChI=1S/C16H12N4S2/c1-9-5-3-7-17-11(9)13-19-15-16(21-13)20-14(22-15)12-10(2)6-4-8-18-12/h3-8H,1-2H3. The first-order valence-electron chi connectivity index (χ1n) is 6.84. The van der Waals surface area contributed by atoms with E-state index in [-0.39, 0.29) is 0 Å². The number of hydrogen-bond acceptors (Lipinski definition) is 6. The van der Waals surface area contributed by atoms with Crippen LogP contribution in [0.1, 0.15) is 11.1 Å². The van der Waals surface area contributed by atoms with Gasteiger partial charge in [0.05, 0.1) is 0 Å². The Labute approximate surface area is 135 Å². The van der Waals surface area contributed by atoms with Crippen LogP contribution >= 0.6 is 22.7 Å². The maximum atomic E-state index is 4.70. The van der Waals surface area contributed by atoms with Crippen molar-refractivity contribution in [1.82, 2.24) is 19.9 Å². The Bertz CT molecular complexity index is 865. The van der Waals surface area contributed by atoms with E-state index in [2.05, 4.69) is 9.97 Å². The van der Waals surface area contributed by atoms with Crippen LogP contribution in [-0.2, 0) is 0 Å². The van der Waals surface area contributed by atoms with Crippen molar-refractivity contribution in [3.8, 4) is 21.4 Å². The highest BCUT2D eigenvalue weighted by Gasteiger charge is 2.16. The third-order valence-electron chi connectivity index (χ3n) is 3.40. The van der Waals surface area contributed by atoms with Gasteiger partial charge < -0.3 is 0 Å². The van der Waals surface area contributed by atoms with Crippen molar-refractivity contribution in [2.24, 2.45) is 0 Å². The van der Waals surface area contributed by atoms with Gasteiger partial charge in [-0.05, 0) is 37.1 Å². The molecule has 0 N–H and O–H groups in total. The van der Waals surface area contributed by atoms with Gasteiger partial charge in [-0.15, -0.1) is 0 Å². The average Bonchev–Trinajstić information content (AvgIpc) is 3.06. The molecule has 0 saturated carbocycles. The molecule has 0 aliphatic carbocycles. The number of thiazole rings is 2. The quantitative estimate of drug-likeness (QED) is 0.545. The molecule has 4 aromatic rings. The van der Waals surface area contributed by atoms with Gasteiger partial charge in [-0.1, -0.05) is 34.8 Å². The Kier molecular flexibility index (Phi) is 3.20. The van der Waals surface area contributed by atoms with Crippen LogP contribution in [0.2, 0.25) is 0 Å². The SMILES string of the molecule is Cc1cccnc1-c1nc2sc(-c3ncccc3C)nc2s1. The summed E-state index contributed by atoms with van der Waals surface area (Å²) in [4.78, 5) is 20.2. The summed E-state index contributed by atoms with van der Waals surface area (Å²) in [5.41, 5.74) is 4.14. The summed E-state index contributed by atoms with van der Waals surface area (Å²) in [5.74, 6) is 0. The summed E-state index contributed by atoms with van der Waals surface area (Å²) in [7, 11) is 0. The van der Waals surface area contributed by atoms with Crippen molar-refractivity contribution in [1.29, 1.82) is 0 Å². The van der Waals surface area contributed by atoms with E-state index < -0.39 is 0 Å². The molecule has 0 saturated heterocycles. The van der Waals surface area contributed by atoms with Gasteiger partial charge >= 0.3 is 0 Å². The lowest BCUT2D eigenvalue weighted by Crippen LogP contribution is -1.86. The van der Waals surface area contributed by atoms with Crippen molar-refractivity contribution < 1.29 is 0 Å². The second-order valence-corrected chi connectivity index (χ2v) is 6.94. The molecule has 0 fully saturated rings. The second kappa shape index (κ2) is 5.23. The van der Waals surface area contributed by atoms with E-state index in [1.165, 1.54) is 0 Å². The third kappa shape index (κ3) is 2.20. The predicted octanol–water partition coefficient (Wildman–Crippen LogP) is 4.49. The van der Waals surface area contributed by atoms with Gasteiger partial charge in [0.15, 0.2) is 9.66 Å². The van der Waals surface area contributed by atoms with E-state index in [0.717, 1.165) is 42.2 Å². The fraction of sp³-hybridized carbons (Fsp3) is 0.125. The molecule has 0 amide bonds. The summed E-state index contributed by atoms with van der Waals surface area (Å²) in [5, 5.41) is 1.85. The molecule has 6 heteroatoms. The van der Waals surface area contributed by atoms with Gasteiger partial charge in [-0.2, -0.15) is 0 Å². The summed E-state index contributed by atoms with van der Waals surface area (Å²) in [6.45, 7) is 4.10. The summed E-state index contributed by atoms with van der Waals surface area (Å²) < 4.78 is 0. The first-order valence-corrected chi connectivity index (χ1v) is 8.47. The van der Waals surface area contributed by atoms with Gasteiger partial charge in [-0.25, -0.2) is 9.97 Å². The smallest absolute Gasteiger partial charge is 0.156 e. The highest BCUT2D eigenvalue weighted by molar-refractivity contribution is 7.29. The molecular weight excluding hydrogens is 312 g/mol. The first kappa shape index (κ1) is 13.5. The second-order valence-electron chi connectivity index (χ2n) is 4.99.